The van der Waals surface area contributed by atoms with Crippen molar-refractivity contribution in [1.82, 2.24) is 15.5 Å². The molecule has 0 unspecified atom stereocenters. The van der Waals surface area contributed by atoms with Crippen molar-refractivity contribution in [3.05, 3.63) is 11.8 Å². The number of hydrogen-bond donors (Lipinski definition) is 3. The molecule has 2 fully saturated rings. The molecule has 0 aliphatic carbocycles. The largest absolute Gasteiger partial charge is 0.380 e. The summed E-state index contributed by atoms with van der Waals surface area (Å²) in [5.41, 5.74) is 0.619. The molecule has 0 spiro atoms. The topological polar surface area (TPSA) is 79.0 Å². The molecule has 3 rings (SSSR count). The van der Waals surface area contributed by atoms with Crippen LogP contribution in [0.2, 0.25) is 0 Å². The highest BCUT2D eigenvalue weighted by molar-refractivity contribution is 5.95. The summed E-state index contributed by atoms with van der Waals surface area (Å²) in [6.45, 7) is 7.16. The van der Waals surface area contributed by atoms with Gasteiger partial charge in [0.05, 0.1) is 12.0 Å². The van der Waals surface area contributed by atoms with Crippen LogP contribution in [0.1, 0.15) is 26.0 Å². The lowest BCUT2D eigenvalue weighted by atomic mass is 9.75. The Labute approximate surface area is 125 Å². The number of hydrogen-bond acceptors (Lipinski definition) is 4. The van der Waals surface area contributed by atoms with Gasteiger partial charge < -0.3 is 15.4 Å². The highest BCUT2D eigenvalue weighted by atomic mass is 16.5. The van der Waals surface area contributed by atoms with Crippen LogP contribution in [0.25, 0.3) is 0 Å². The molecule has 1 aromatic heterocycles. The average Bonchev–Trinajstić information content (AvgIpc) is 3.05. The van der Waals surface area contributed by atoms with Gasteiger partial charge in [-0.15, -0.1) is 0 Å². The normalized spacial score (nSPS) is 28.6. The first-order chi connectivity index (χ1) is 10.1. The molecule has 6 heteroatoms. The Balaban J connectivity index is 1.69. The Kier molecular flexibility index (Phi) is 3.99. The van der Waals surface area contributed by atoms with Gasteiger partial charge >= 0.3 is 0 Å². The van der Waals surface area contributed by atoms with Crippen LogP contribution in [0, 0.1) is 17.3 Å². The third-order valence-electron chi connectivity index (χ3n) is 4.54. The quantitative estimate of drug-likeness (QED) is 0.778. The van der Waals surface area contributed by atoms with Crippen LogP contribution >= 0.6 is 0 Å². The summed E-state index contributed by atoms with van der Waals surface area (Å²) in [5, 5.41) is 13.5. The summed E-state index contributed by atoms with van der Waals surface area (Å²) in [6, 6.07) is 1.93. The van der Waals surface area contributed by atoms with Crippen LogP contribution in [0.4, 0.5) is 5.82 Å². The standard InChI is InChI=1S/C15H24N4O2/c1-10(2)5-12-6-13(19-18-12)17-14(20)15-8-16-7-11(15)3-4-21-9-15/h6,10-11,16H,3-5,7-9H2,1-2H3,(H2,17,18,19,20)/t11-,15+/m1/s1. The maximum atomic E-state index is 12.7. The monoisotopic (exact) mass is 292 g/mol. The van der Waals surface area contributed by atoms with Gasteiger partial charge in [0.2, 0.25) is 5.91 Å². The van der Waals surface area contributed by atoms with Crippen LogP contribution in [-0.4, -0.2) is 42.4 Å². The molecule has 6 nitrogen and oxygen atoms in total. The molecule has 0 aromatic carbocycles. The average molecular weight is 292 g/mol. The van der Waals surface area contributed by atoms with Crippen molar-refractivity contribution in [2.75, 3.05) is 31.6 Å². The van der Waals surface area contributed by atoms with Gasteiger partial charge in [0.25, 0.3) is 0 Å². The summed E-state index contributed by atoms with van der Waals surface area (Å²) in [7, 11) is 0. The lowest BCUT2D eigenvalue weighted by Gasteiger charge is -2.36. The SMILES string of the molecule is CC(C)Cc1cc(NC(=O)[C@]23CNC[C@H]2CCOC3)n[nH]1. The van der Waals surface area contributed by atoms with Crippen molar-refractivity contribution in [3.8, 4) is 0 Å². The number of aromatic amines is 1. The van der Waals surface area contributed by atoms with E-state index in [2.05, 4.69) is 34.7 Å². The van der Waals surface area contributed by atoms with E-state index in [0.717, 1.165) is 31.7 Å². The predicted molar refractivity (Wildman–Crippen MR) is 80.0 cm³/mol. The fourth-order valence-electron chi connectivity index (χ4n) is 3.38. The summed E-state index contributed by atoms with van der Waals surface area (Å²) in [6.07, 6.45) is 1.88. The molecular formula is C15H24N4O2. The number of aromatic nitrogens is 2. The summed E-state index contributed by atoms with van der Waals surface area (Å²) < 4.78 is 5.57. The lowest BCUT2D eigenvalue weighted by Crippen LogP contribution is -2.49. The van der Waals surface area contributed by atoms with Crippen LogP contribution in [0.3, 0.4) is 0 Å². The maximum Gasteiger partial charge on any atom is 0.235 e. The highest BCUT2D eigenvalue weighted by Gasteiger charge is 2.51. The van der Waals surface area contributed by atoms with E-state index in [4.69, 9.17) is 4.74 Å². The molecule has 2 aliphatic rings. The number of carbonyl (C=O) groups is 1. The second-order valence-electron chi connectivity index (χ2n) is 6.66. The van der Waals surface area contributed by atoms with E-state index in [0.29, 0.717) is 30.8 Å². The second-order valence-corrected chi connectivity index (χ2v) is 6.66. The third-order valence-corrected chi connectivity index (χ3v) is 4.54. The van der Waals surface area contributed by atoms with Gasteiger partial charge in [0.15, 0.2) is 5.82 Å². The molecule has 1 aromatic rings. The van der Waals surface area contributed by atoms with Gasteiger partial charge in [-0.2, -0.15) is 5.10 Å². The first kappa shape index (κ1) is 14.5. The smallest absolute Gasteiger partial charge is 0.235 e. The zero-order chi connectivity index (χ0) is 14.9. The zero-order valence-electron chi connectivity index (χ0n) is 12.7. The van der Waals surface area contributed by atoms with Gasteiger partial charge in [-0.3, -0.25) is 9.89 Å². The second kappa shape index (κ2) is 5.77. The van der Waals surface area contributed by atoms with E-state index in [9.17, 15) is 4.79 Å². The molecule has 1 amide bonds. The van der Waals surface area contributed by atoms with Gasteiger partial charge in [-0.05, 0) is 31.2 Å². The van der Waals surface area contributed by atoms with E-state index in [1.54, 1.807) is 0 Å². The molecule has 3 heterocycles. The molecule has 3 N–H and O–H groups in total. The molecule has 2 atom stereocenters. The highest BCUT2D eigenvalue weighted by Crippen LogP contribution is 2.38. The van der Waals surface area contributed by atoms with Crippen LogP contribution < -0.4 is 10.6 Å². The molecule has 2 saturated heterocycles. The number of nitrogens with one attached hydrogen (secondary N) is 3. The number of ether oxygens (including phenoxy) is 1. The van der Waals surface area contributed by atoms with E-state index < -0.39 is 5.41 Å². The van der Waals surface area contributed by atoms with Crippen molar-refractivity contribution >= 4 is 11.7 Å². The molecule has 2 aliphatic heterocycles. The number of amides is 1. The van der Waals surface area contributed by atoms with Crippen LogP contribution in [-0.2, 0) is 16.0 Å². The number of fused-ring (bicyclic) bond motifs is 1. The van der Waals surface area contributed by atoms with Crippen LogP contribution in [0.15, 0.2) is 6.07 Å². The van der Waals surface area contributed by atoms with Gasteiger partial charge in [-0.25, -0.2) is 0 Å². The number of carbonyl (C=O) groups excluding carboxylic acids is 1. The molecule has 0 bridgehead atoms. The number of nitrogens with zero attached hydrogens (tertiary/aromatic N) is 1. The Bertz CT molecular complexity index is 514. The Morgan fingerprint density at radius 1 is 1.62 bits per heavy atom. The first-order valence-electron chi connectivity index (χ1n) is 7.74. The lowest BCUT2D eigenvalue weighted by molar-refractivity contribution is -0.135. The van der Waals surface area contributed by atoms with Crippen molar-refractivity contribution in [2.24, 2.45) is 17.3 Å². The molecular weight excluding hydrogens is 268 g/mol. The van der Waals surface area contributed by atoms with E-state index in [1.165, 1.54) is 0 Å². The van der Waals surface area contributed by atoms with Gasteiger partial charge in [0, 0.05) is 24.9 Å². The number of rotatable bonds is 4. The fraction of sp³-hybridized carbons (Fsp3) is 0.733. The number of anilines is 1. The van der Waals surface area contributed by atoms with Gasteiger partial charge in [0.1, 0.15) is 0 Å². The van der Waals surface area contributed by atoms with E-state index in [1.807, 2.05) is 6.07 Å². The first-order valence-corrected chi connectivity index (χ1v) is 7.74. The minimum absolute atomic E-state index is 0.0276. The van der Waals surface area contributed by atoms with Crippen molar-refractivity contribution in [3.63, 3.8) is 0 Å². The minimum Gasteiger partial charge on any atom is -0.380 e. The number of H-pyrrole nitrogens is 1. The molecule has 0 radical (unpaired) electrons. The zero-order valence-corrected chi connectivity index (χ0v) is 12.7. The van der Waals surface area contributed by atoms with E-state index in [-0.39, 0.29) is 5.91 Å². The Morgan fingerprint density at radius 3 is 3.29 bits per heavy atom. The maximum absolute atomic E-state index is 12.7. The summed E-state index contributed by atoms with van der Waals surface area (Å²) in [5.74, 6) is 1.56. The molecule has 21 heavy (non-hydrogen) atoms. The van der Waals surface area contributed by atoms with Crippen LogP contribution in [0.5, 0.6) is 0 Å². The molecule has 116 valence electrons. The third kappa shape index (κ3) is 2.82. The van der Waals surface area contributed by atoms with Crippen molar-refractivity contribution < 1.29 is 9.53 Å². The summed E-state index contributed by atoms with van der Waals surface area (Å²) >= 11 is 0. The Morgan fingerprint density at radius 2 is 2.48 bits per heavy atom. The summed E-state index contributed by atoms with van der Waals surface area (Å²) in [4.78, 5) is 12.7. The van der Waals surface area contributed by atoms with E-state index >= 15 is 0 Å². The Hall–Kier alpha value is -1.40. The predicted octanol–water partition coefficient (Wildman–Crippen LogP) is 1.17. The fourth-order valence-corrected chi connectivity index (χ4v) is 3.38. The van der Waals surface area contributed by atoms with Crippen molar-refractivity contribution in [2.45, 2.75) is 26.7 Å². The van der Waals surface area contributed by atoms with Gasteiger partial charge in [-0.1, -0.05) is 13.8 Å². The minimum atomic E-state index is -0.435. The van der Waals surface area contributed by atoms with Crippen molar-refractivity contribution in [1.29, 1.82) is 0 Å². The molecule has 0 saturated carbocycles.